The van der Waals surface area contributed by atoms with Crippen LogP contribution >= 0.6 is 0 Å². The molecular formula is C27H34N2O3. The third-order valence-corrected chi connectivity index (χ3v) is 8.83. The van der Waals surface area contributed by atoms with Gasteiger partial charge < -0.3 is 9.52 Å². The fraction of sp³-hybridized carbons (Fsp3) is 0.593. The predicted molar refractivity (Wildman–Crippen MR) is 126 cm³/mol. The minimum absolute atomic E-state index is 0.230. The second kappa shape index (κ2) is 7.74. The Kier molecular flexibility index (Phi) is 4.96. The summed E-state index contributed by atoms with van der Waals surface area (Å²) < 4.78 is 5.75. The smallest absolute Gasteiger partial charge is 0.339 e. The van der Waals surface area contributed by atoms with E-state index in [0.29, 0.717) is 29.7 Å². The third kappa shape index (κ3) is 3.16. The summed E-state index contributed by atoms with van der Waals surface area (Å²) in [6.07, 6.45) is 10.4. The number of phenols is 1. The Balaban J connectivity index is 1.38. The first kappa shape index (κ1) is 20.5. The molecule has 3 fully saturated rings. The lowest BCUT2D eigenvalue weighted by Gasteiger charge is -2.54. The van der Waals surface area contributed by atoms with E-state index in [4.69, 9.17) is 4.42 Å². The van der Waals surface area contributed by atoms with E-state index in [2.05, 4.69) is 15.9 Å². The van der Waals surface area contributed by atoms with Crippen LogP contribution < -0.4 is 5.63 Å². The number of piperidine rings is 3. The Morgan fingerprint density at radius 2 is 2.00 bits per heavy atom. The Labute approximate surface area is 189 Å². The van der Waals surface area contributed by atoms with Gasteiger partial charge in [-0.05, 0) is 88.6 Å². The molecule has 4 atom stereocenters. The van der Waals surface area contributed by atoms with Gasteiger partial charge in [-0.1, -0.05) is 18.1 Å². The number of fused-ring (bicyclic) bond motifs is 7. The molecule has 1 aromatic carbocycles. The average Bonchev–Trinajstić information content (AvgIpc) is 2.79. The molecule has 2 bridgehead atoms. The number of rotatable bonds is 2. The van der Waals surface area contributed by atoms with Crippen molar-refractivity contribution in [2.75, 3.05) is 19.6 Å². The van der Waals surface area contributed by atoms with E-state index in [-0.39, 0.29) is 11.4 Å². The fourth-order valence-corrected chi connectivity index (χ4v) is 7.17. The molecule has 1 N–H and O–H groups in total. The normalized spacial score (nSPS) is 30.6. The van der Waals surface area contributed by atoms with Gasteiger partial charge in [-0.25, -0.2) is 4.79 Å². The first-order valence-corrected chi connectivity index (χ1v) is 12.4. The third-order valence-electron chi connectivity index (χ3n) is 8.83. The van der Waals surface area contributed by atoms with Crippen molar-refractivity contribution in [2.45, 2.75) is 71.0 Å². The van der Waals surface area contributed by atoms with Gasteiger partial charge in [-0.2, -0.15) is 0 Å². The van der Waals surface area contributed by atoms with E-state index >= 15 is 0 Å². The highest BCUT2D eigenvalue weighted by Gasteiger charge is 2.46. The maximum Gasteiger partial charge on any atom is 0.339 e. The van der Waals surface area contributed by atoms with Crippen LogP contribution in [0.15, 0.2) is 33.0 Å². The molecule has 5 heteroatoms. The zero-order valence-electron chi connectivity index (χ0n) is 19.3. The first-order chi connectivity index (χ1) is 15.5. The number of phenolic OH excluding ortho intramolecular Hbond substituents is 1. The van der Waals surface area contributed by atoms with Crippen molar-refractivity contribution >= 4 is 11.0 Å². The van der Waals surface area contributed by atoms with Gasteiger partial charge in [0.15, 0.2) is 0 Å². The summed E-state index contributed by atoms with van der Waals surface area (Å²) in [5, 5.41) is 11.7. The number of hydrogen-bond donors (Lipinski definition) is 1. The molecule has 0 spiro atoms. The summed E-state index contributed by atoms with van der Waals surface area (Å²) in [5.41, 5.74) is 4.23. The summed E-state index contributed by atoms with van der Waals surface area (Å²) in [4.78, 5) is 17.8. The molecule has 0 amide bonds. The van der Waals surface area contributed by atoms with Crippen molar-refractivity contribution in [1.29, 1.82) is 0 Å². The Hall–Kier alpha value is -2.11. The molecule has 32 heavy (non-hydrogen) atoms. The standard InChI is InChI=1S/C27H34N2O3/c1-16-17(2)27(31)32-26-21(16)8-9-24(30)22(26)15-29-11-5-6-18-12-19-13-20(25(18)29)14-28-10-4-3-7-23(19)28/h8-9,12,19-20,23,25,30H,3-7,10-11,13-15H2,1-2H3/t19?,20?,23-,25-/m1/s1. The van der Waals surface area contributed by atoms with Gasteiger partial charge in [0.1, 0.15) is 11.3 Å². The lowest BCUT2D eigenvalue weighted by Crippen LogP contribution is -2.59. The lowest BCUT2D eigenvalue weighted by atomic mass is 9.68. The quantitative estimate of drug-likeness (QED) is 0.557. The molecule has 4 heterocycles. The van der Waals surface area contributed by atoms with E-state index in [0.717, 1.165) is 41.4 Å². The SMILES string of the molecule is Cc1c(C)c2ccc(O)c(CN3CCCC4=CC5CC(CN6CCCC[C@H]56)[C@@H]43)c2oc1=O. The topological polar surface area (TPSA) is 56.9 Å². The number of aromatic hydroxyl groups is 1. The Morgan fingerprint density at radius 3 is 2.88 bits per heavy atom. The van der Waals surface area contributed by atoms with Crippen molar-refractivity contribution in [3.8, 4) is 5.75 Å². The van der Waals surface area contributed by atoms with Gasteiger partial charge in [0, 0.05) is 36.1 Å². The van der Waals surface area contributed by atoms with Crippen LogP contribution in [0.4, 0.5) is 0 Å². The molecule has 1 aliphatic carbocycles. The van der Waals surface area contributed by atoms with Crippen molar-refractivity contribution in [3.63, 3.8) is 0 Å². The number of likely N-dealkylation sites (tertiary alicyclic amines) is 1. The molecule has 5 nitrogen and oxygen atoms in total. The highest BCUT2D eigenvalue weighted by molar-refractivity contribution is 5.85. The van der Waals surface area contributed by atoms with E-state index in [1.54, 1.807) is 11.6 Å². The zero-order valence-corrected chi connectivity index (χ0v) is 19.3. The number of nitrogens with zero attached hydrogens (tertiary/aromatic N) is 2. The van der Waals surface area contributed by atoms with Crippen molar-refractivity contribution in [1.82, 2.24) is 9.80 Å². The summed E-state index contributed by atoms with van der Waals surface area (Å²) >= 11 is 0. The number of aryl methyl sites for hydroxylation is 1. The Bertz CT molecular complexity index is 1150. The van der Waals surface area contributed by atoms with Crippen molar-refractivity contribution in [2.24, 2.45) is 11.8 Å². The van der Waals surface area contributed by atoms with Crippen LogP contribution in [0.1, 0.15) is 55.2 Å². The molecular weight excluding hydrogens is 400 g/mol. The van der Waals surface area contributed by atoms with Crippen LogP contribution in [0.2, 0.25) is 0 Å². The predicted octanol–water partition coefficient (Wildman–Crippen LogP) is 4.51. The second-order valence-electron chi connectivity index (χ2n) is 10.6. The number of hydrogen-bond acceptors (Lipinski definition) is 5. The molecule has 4 aliphatic rings. The van der Waals surface area contributed by atoms with Crippen LogP contribution in [0.5, 0.6) is 5.75 Å². The highest BCUT2D eigenvalue weighted by atomic mass is 16.4. The van der Waals surface area contributed by atoms with E-state index in [1.807, 2.05) is 19.9 Å². The van der Waals surface area contributed by atoms with Crippen molar-refractivity contribution in [3.05, 3.63) is 50.9 Å². The van der Waals surface area contributed by atoms with Gasteiger partial charge in [-0.3, -0.25) is 9.80 Å². The highest BCUT2D eigenvalue weighted by Crippen LogP contribution is 2.45. The summed E-state index contributed by atoms with van der Waals surface area (Å²) in [6.45, 7) is 7.88. The van der Waals surface area contributed by atoms with Crippen molar-refractivity contribution < 1.29 is 9.52 Å². The largest absolute Gasteiger partial charge is 0.507 e. The van der Waals surface area contributed by atoms with Crippen LogP contribution in [-0.2, 0) is 6.54 Å². The molecule has 1 aromatic heterocycles. The average molecular weight is 435 g/mol. The zero-order chi connectivity index (χ0) is 22.0. The monoisotopic (exact) mass is 434 g/mol. The molecule has 2 unspecified atom stereocenters. The molecule has 3 saturated heterocycles. The van der Waals surface area contributed by atoms with Crippen LogP contribution in [0.25, 0.3) is 11.0 Å². The second-order valence-corrected chi connectivity index (χ2v) is 10.6. The molecule has 0 radical (unpaired) electrons. The molecule has 0 saturated carbocycles. The molecule has 2 aromatic rings. The molecule has 3 aliphatic heterocycles. The lowest BCUT2D eigenvalue weighted by molar-refractivity contribution is -0.00274. The Morgan fingerprint density at radius 1 is 1.12 bits per heavy atom. The minimum atomic E-state index is -0.301. The summed E-state index contributed by atoms with van der Waals surface area (Å²) in [5.74, 6) is 1.60. The molecule has 6 rings (SSSR count). The van der Waals surface area contributed by atoms with E-state index in [9.17, 15) is 9.90 Å². The first-order valence-electron chi connectivity index (χ1n) is 12.4. The van der Waals surface area contributed by atoms with Gasteiger partial charge >= 0.3 is 5.63 Å². The maximum atomic E-state index is 12.4. The van der Waals surface area contributed by atoms with E-state index in [1.165, 1.54) is 45.2 Å². The summed E-state index contributed by atoms with van der Waals surface area (Å²) in [7, 11) is 0. The number of benzene rings is 1. The van der Waals surface area contributed by atoms with Gasteiger partial charge in [0.2, 0.25) is 0 Å². The van der Waals surface area contributed by atoms with Crippen LogP contribution in [-0.4, -0.2) is 46.6 Å². The van der Waals surface area contributed by atoms with E-state index < -0.39 is 0 Å². The van der Waals surface area contributed by atoms with Crippen LogP contribution in [0.3, 0.4) is 0 Å². The van der Waals surface area contributed by atoms with Crippen LogP contribution in [0, 0.1) is 25.7 Å². The minimum Gasteiger partial charge on any atom is -0.507 e. The van der Waals surface area contributed by atoms with Gasteiger partial charge in [-0.15, -0.1) is 0 Å². The van der Waals surface area contributed by atoms with Gasteiger partial charge in [0.05, 0.1) is 5.56 Å². The summed E-state index contributed by atoms with van der Waals surface area (Å²) in [6, 6.07) is 4.84. The molecule has 170 valence electrons. The fourth-order valence-electron chi connectivity index (χ4n) is 7.17. The maximum absolute atomic E-state index is 12.4. The van der Waals surface area contributed by atoms with Gasteiger partial charge in [0.25, 0.3) is 0 Å².